The zero-order valence-electron chi connectivity index (χ0n) is 7.22. The van der Waals surface area contributed by atoms with E-state index in [-0.39, 0.29) is 0 Å². The van der Waals surface area contributed by atoms with Crippen LogP contribution in [0.3, 0.4) is 0 Å². The van der Waals surface area contributed by atoms with Gasteiger partial charge < -0.3 is 0 Å². The van der Waals surface area contributed by atoms with E-state index in [9.17, 15) is 0 Å². The summed E-state index contributed by atoms with van der Waals surface area (Å²) in [6, 6.07) is 5.28. The van der Waals surface area contributed by atoms with Gasteiger partial charge in [0.15, 0.2) is 0 Å². The van der Waals surface area contributed by atoms with Gasteiger partial charge in [-0.25, -0.2) is 0 Å². The Kier molecular flexibility index (Phi) is 4.06. The van der Waals surface area contributed by atoms with Crippen molar-refractivity contribution in [3.63, 3.8) is 0 Å². The summed E-state index contributed by atoms with van der Waals surface area (Å²) in [6.45, 7) is 2.01. The maximum absolute atomic E-state index is 5.80. The Bertz CT molecular complexity index is 310. The van der Waals surface area contributed by atoms with Crippen LogP contribution in [0.25, 0.3) is 0 Å². The zero-order chi connectivity index (χ0) is 9.68. The van der Waals surface area contributed by atoms with Gasteiger partial charge >= 0.3 is 0 Å². The number of hydrazone groups is 1. The Morgan fingerprint density at radius 1 is 1.38 bits per heavy atom. The molecule has 0 aliphatic carbocycles. The molecule has 1 N–H and O–H groups in total. The van der Waals surface area contributed by atoms with E-state index in [0.717, 1.165) is 12.1 Å². The molecule has 0 bridgehead atoms. The summed E-state index contributed by atoms with van der Waals surface area (Å²) in [7, 11) is 0. The summed E-state index contributed by atoms with van der Waals surface area (Å²) in [5.74, 6) is 0. The van der Waals surface area contributed by atoms with Gasteiger partial charge in [-0.3, -0.25) is 5.43 Å². The third-order valence-corrected chi connectivity index (χ3v) is 2.13. The highest BCUT2D eigenvalue weighted by Crippen LogP contribution is 2.24. The molecule has 0 aliphatic heterocycles. The molecule has 0 unspecified atom stereocenters. The molecule has 70 valence electrons. The van der Waals surface area contributed by atoms with E-state index >= 15 is 0 Å². The molecule has 0 spiro atoms. The van der Waals surface area contributed by atoms with Crippen LogP contribution in [0.1, 0.15) is 13.3 Å². The first-order valence-electron chi connectivity index (χ1n) is 3.96. The van der Waals surface area contributed by atoms with E-state index < -0.39 is 0 Å². The molecular formula is C9H10Cl2N2. The van der Waals surface area contributed by atoms with Crippen LogP contribution < -0.4 is 5.43 Å². The van der Waals surface area contributed by atoms with Crippen LogP contribution in [0.2, 0.25) is 10.0 Å². The molecule has 13 heavy (non-hydrogen) atoms. The van der Waals surface area contributed by atoms with Crippen LogP contribution in [0, 0.1) is 0 Å². The number of anilines is 1. The first-order chi connectivity index (χ1) is 6.24. The molecule has 0 saturated carbocycles. The standard InChI is InChI=1S/C9H10Cl2N2/c1-2-5-12-13-7-3-4-8(10)9(11)6-7/h3-6,13H,2H2,1H3. The minimum atomic E-state index is 0.526. The van der Waals surface area contributed by atoms with E-state index in [1.165, 1.54) is 0 Å². The molecule has 0 atom stereocenters. The molecule has 0 fully saturated rings. The third-order valence-electron chi connectivity index (χ3n) is 1.39. The van der Waals surface area contributed by atoms with Crippen molar-refractivity contribution in [3.8, 4) is 0 Å². The summed E-state index contributed by atoms with van der Waals surface area (Å²) in [4.78, 5) is 0. The number of rotatable bonds is 3. The highest BCUT2D eigenvalue weighted by atomic mass is 35.5. The van der Waals surface area contributed by atoms with Gasteiger partial charge in [-0.15, -0.1) is 0 Å². The highest BCUT2D eigenvalue weighted by Gasteiger charge is 1.97. The summed E-state index contributed by atoms with van der Waals surface area (Å²) in [6.07, 6.45) is 2.68. The Morgan fingerprint density at radius 2 is 2.15 bits per heavy atom. The predicted molar refractivity (Wildman–Crippen MR) is 58.9 cm³/mol. The smallest absolute Gasteiger partial charge is 0.0613 e. The van der Waals surface area contributed by atoms with Crippen LogP contribution in [0.15, 0.2) is 23.3 Å². The normalized spacial score (nSPS) is 10.7. The monoisotopic (exact) mass is 216 g/mol. The van der Waals surface area contributed by atoms with Gasteiger partial charge in [0.1, 0.15) is 0 Å². The molecule has 2 nitrogen and oxygen atoms in total. The topological polar surface area (TPSA) is 24.4 Å². The second-order valence-electron chi connectivity index (χ2n) is 2.46. The van der Waals surface area contributed by atoms with Crippen LogP contribution in [0.4, 0.5) is 5.69 Å². The van der Waals surface area contributed by atoms with Crippen molar-refractivity contribution in [1.29, 1.82) is 0 Å². The number of halogens is 2. The Morgan fingerprint density at radius 3 is 2.77 bits per heavy atom. The molecule has 1 aromatic carbocycles. The SMILES string of the molecule is CCC=NNc1ccc(Cl)c(Cl)c1. The van der Waals surface area contributed by atoms with Crippen molar-refractivity contribution >= 4 is 35.1 Å². The zero-order valence-corrected chi connectivity index (χ0v) is 8.73. The molecule has 0 radical (unpaired) electrons. The largest absolute Gasteiger partial charge is 0.279 e. The molecule has 0 aromatic heterocycles. The van der Waals surface area contributed by atoms with Gasteiger partial charge in [0, 0.05) is 6.21 Å². The summed E-state index contributed by atoms with van der Waals surface area (Å²) in [5.41, 5.74) is 3.67. The van der Waals surface area contributed by atoms with Gasteiger partial charge in [-0.1, -0.05) is 30.1 Å². The van der Waals surface area contributed by atoms with Gasteiger partial charge in [0.05, 0.1) is 15.7 Å². The predicted octanol–water partition coefficient (Wildman–Crippen LogP) is 3.80. The van der Waals surface area contributed by atoms with Gasteiger partial charge in [0.2, 0.25) is 0 Å². The van der Waals surface area contributed by atoms with E-state index in [1.54, 1.807) is 18.3 Å². The fourth-order valence-corrected chi connectivity index (χ4v) is 1.08. The average Bonchev–Trinajstić information content (AvgIpc) is 2.12. The van der Waals surface area contributed by atoms with Crippen LogP contribution >= 0.6 is 23.2 Å². The maximum Gasteiger partial charge on any atom is 0.0613 e. The van der Waals surface area contributed by atoms with Crippen molar-refractivity contribution in [2.75, 3.05) is 5.43 Å². The Balaban J connectivity index is 2.68. The minimum Gasteiger partial charge on any atom is -0.279 e. The summed E-state index contributed by atoms with van der Waals surface area (Å²) < 4.78 is 0. The lowest BCUT2D eigenvalue weighted by Gasteiger charge is -2.01. The van der Waals surface area contributed by atoms with E-state index in [4.69, 9.17) is 23.2 Å². The summed E-state index contributed by atoms with van der Waals surface area (Å²) in [5, 5.41) is 5.03. The fourth-order valence-electron chi connectivity index (χ4n) is 0.777. The fraction of sp³-hybridized carbons (Fsp3) is 0.222. The number of hydrogen-bond donors (Lipinski definition) is 1. The Hall–Kier alpha value is -0.730. The highest BCUT2D eigenvalue weighted by molar-refractivity contribution is 6.42. The van der Waals surface area contributed by atoms with Crippen molar-refractivity contribution in [2.24, 2.45) is 5.10 Å². The van der Waals surface area contributed by atoms with E-state index in [0.29, 0.717) is 10.0 Å². The lowest BCUT2D eigenvalue weighted by atomic mass is 10.3. The van der Waals surface area contributed by atoms with Crippen molar-refractivity contribution in [2.45, 2.75) is 13.3 Å². The quantitative estimate of drug-likeness (QED) is 0.604. The molecule has 4 heteroatoms. The van der Waals surface area contributed by atoms with Crippen LogP contribution in [0.5, 0.6) is 0 Å². The molecule has 0 saturated heterocycles. The van der Waals surface area contributed by atoms with E-state index in [1.807, 2.05) is 13.0 Å². The second-order valence-corrected chi connectivity index (χ2v) is 3.28. The minimum absolute atomic E-state index is 0.526. The van der Waals surface area contributed by atoms with E-state index in [2.05, 4.69) is 10.5 Å². The molecule has 1 rings (SSSR count). The summed E-state index contributed by atoms with van der Waals surface area (Å²) >= 11 is 11.5. The van der Waals surface area contributed by atoms with Crippen molar-refractivity contribution in [1.82, 2.24) is 0 Å². The van der Waals surface area contributed by atoms with Gasteiger partial charge in [-0.05, 0) is 24.6 Å². The molecular weight excluding hydrogens is 207 g/mol. The van der Waals surface area contributed by atoms with Gasteiger partial charge in [-0.2, -0.15) is 5.10 Å². The average molecular weight is 217 g/mol. The number of hydrogen-bond acceptors (Lipinski definition) is 2. The third kappa shape index (κ3) is 3.25. The number of benzene rings is 1. The first kappa shape index (κ1) is 10.4. The van der Waals surface area contributed by atoms with Crippen molar-refractivity contribution < 1.29 is 0 Å². The Labute approximate surface area is 87.5 Å². The van der Waals surface area contributed by atoms with Gasteiger partial charge in [0.25, 0.3) is 0 Å². The first-order valence-corrected chi connectivity index (χ1v) is 4.72. The van der Waals surface area contributed by atoms with Crippen molar-refractivity contribution in [3.05, 3.63) is 28.2 Å². The second kappa shape index (κ2) is 5.10. The number of nitrogens with zero attached hydrogens (tertiary/aromatic N) is 1. The van der Waals surface area contributed by atoms with Crippen LogP contribution in [-0.4, -0.2) is 6.21 Å². The van der Waals surface area contributed by atoms with Crippen LogP contribution in [-0.2, 0) is 0 Å². The molecule has 0 aliphatic rings. The lowest BCUT2D eigenvalue weighted by molar-refractivity contribution is 1.27. The number of nitrogens with one attached hydrogen (secondary N) is 1. The molecule has 0 heterocycles. The molecule has 0 amide bonds. The lowest BCUT2D eigenvalue weighted by Crippen LogP contribution is -1.88. The maximum atomic E-state index is 5.80. The molecule has 1 aromatic rings.